The third-order valence-electron chi connectivity index (χ3n) is 2.44. The van der Waals surface area contributed by atoms with E-state index in [1.54, 1.807) is 36.4 Å². The molecule has 0 unspecified atom stereocenters. The van der Waals surface area contributed by atoms with E-state index in [-0.39, 0.29) is 11.1 Å². The van der Waals surface area contributed by atoms with Crippen LogP contribution in [0, 0.1) is 0 Å². The molecule has 2 aromatic carbocycles. The molecule has 0 aliphatic heterocycles. The fourth-order valence-electron chi connectivity index (χ4n) is 1.51. The van der Waals surface area contributed by atoms with Gasteiger partial charge in [-0.05, 0) is 12.1 Å². The Balaban J connectivity index is 2.22. The van der Waals surface area contributed by atoms with Crippen LogP contribution in [-0.4, -0.2) is 11.9 Å². The topological polar surface area (TPSA) is 80.3 Å². The number of carbonyl (C=O) groups excluding carboxylic acids is 2. The fourth-order valence-corrected chi connectivity index (χ4v) is 3.85. The lowest BCUT2D eigenvalue weighted by Gasteiger charge is -2.11. The fraction of sp³-hybridized carbons (Fsp3) is 0. The minimum absolute atomic E-state index is 0.0796. The van der Waals surface area contributed by atoms with E-state index in [0.29, 0.717) is 9.79 Å². The second-order valence-corrected chi connectivity index (χ2v) is 5.95. The minimum Gasteiger partial charge on any atom is -0.545 e. The first-order chi connectivity index (χ1) is 9.59. The maximum absolute atomic E-state index is 11.0. The molecular weight excluding hydrogens is 296 g/mol. The molecule has 0 aliphatic rings. The number of rotatable bonds is 5. The van der Waals surface area contributed by atoms with Gasteiger partial charge in [0.1, 0.15) is 0 Å². The van der Waals surface area contributed by atoms with Crippen molar-refractivity contribution in [1.82, 2.24) is 0 Å². The lowest BCUT2D eigenvalue weighted by molar-refractivity contribution is -0.256. The number of benzene rings is 2. The summed E-state index contributed by atoms with van der Waals surface area (Å²) in [5.41, 5.74) is 0.159. The van der Waals surface area contributed by atoms with E-state index in [1.807, 2.05) is 0 Å². The molecule has 20 heavy (non-hydrogen) atoms. The van der Waals surface area contributed by atoms with E-state index >= 15 is 0 Å². The van der Waals surface area contributed by atoms with Crippen molar-refractivity contribution in [1.29, 1.82) is 0 Å². The quantitative estimate of drug-likeness (QED) is 0.773. The molecule has 0 spiro atoms. The maximum atomic E-state index is 11.0. The predicted octanol–water partition coefficient (Wildman–Crippen LogP) is 1.21. The Morgan fingerprint density at radius 2 is 1.05 bits per heavy atom. The van der Waals surface area contributed by atoms with Crippen LogP contribution in [0.15, 0.2) is 58.3 Å². The van der Waals surface area contributed by atoms with Crippen molar-refractivity contribution in [3.8, 4) is 0 Å². The van der Waals surface area contributed by atoms with Gasteiger partial charge in [-0.3, -0.25) is 0 Å². The first kappa shape index (κ1) is 14.5. The van der Waals surface area contributed by atoms with Gasteiger partial charge in [0, 0.05) is 20.9 Å². The van der Waals surface area contributed by atoms with Crippen LogP contribution in [0.5, 0.6) is 0 Å². The summed E-state index contributed by atoms with van der Waals surface area (Å²) in [5.74, 6) is -2.52. The zero-order valence-corrected chi connectivity index (χ0v) is 11.7. The molecule has 0 atom stereocenters. The Labute approximate surface area is 123 Å². The number of carboxylic acids is 2. The van der Waals surface area contributed by atoms with Crippen LogP contribution in [0.4, 0.5) is 0 Å². The van der Waals surface area contributed by atoms with Crippen LogP contribution >= 0.6 is 21.6 Å². The van der Waals surface area contributed by atoms with Crippen molar-refractivity contribution in [2.24, 2.45) is 0 Å². The van der Waals surface area contributed by atoms with Gasteiger partial charge in [0.25, 0.3) is 0 Å². The molecule has 4 nitrogen and oxygen atoms in total. The number of carbonyl (C=O) groups is 2. The molecule has 0 aliphatic carbocycles. The molecule has 0 radical (unpaired) electrons. The van der Waals surface area contributed by atoms with Gasteiger partial charge in [-0.2, -0.15) is 0 Å². The maximum Gasteiger partial charge on any atom is 0.0726 e. The molecule has 0 bridgehead atoms. The van der Waals surface area contributed by atoms with Gasteiger partial charge in [0.15, 0.2) is 0 Å². The average molecular weight is 304 g/mol. The van der Waals surface area contributed by atoms with E-state index in [0.717, 1.165) is 21.6 Å². The molecule has 0 heterocycles. The Morgan fingerprint density at radius 1 is 0.700 bits per heavy atom. The van der Waals surface area contributed by atoms with Crippen LogP contribution in [-0.2, 0) is 0 Å². The average Bonchev–Trinajstić information content (AvgIpc) is 2.45. The zero-order chi connectivity index (χ0) is 14.5. The standard InChI is InChI=1S/C14H10O4S2/c15-13(16)9-5-1-3-7-11(9)19-20-12-8-4-2-6-10(12)14(17)18/h1-8H,(H,15,16)(H,17,18)/p-2. The Kier molecular flexibility index (Phi) is 4.70. The predicted molar refractivity (Wildman–Crippen MR) is 73.3 cm³/mol. The van der Waals surface area contributed by atoms with Gasteiger partial charge in [-0.1, -0.05) is 58.0 Å². The summed E-state index contributed by atoms with van der Waals surface area (Å²) in [6.45, 7) is 0. The molecule has 2 rings (SSSR count). The van der Waals surface area contributed by atoms with Crippen LogP contribution in [0.3, 0.4) is 0 Å². The summed E-state index contributed by atoms with van der Waals surface area (Å²) in [6.07, 6.45) is 0. The van der Waals surface area contributed by atoms with Gasteiger partial charge in [-0.15, -0.1) is 0 Å². The highest BCUT2D eigenvalue weighted by molar-refractivity contribution is 8.76. The monoisotopic (exact) mass is 304 g/mol. The molecule has 0 fully saturated rings. The highest BCUT2D eigenvalue weighted by atomic mass is 33.1. The smallest absolute Gasteiger partial charge is 0.0726 e. The molecule has 0 saturated heterocycles. The van der Waals surface area contributed by atoms with Crippen LogP contribution in [0.2, 0.25) is 0 Å². The molecule has 2 aromatic rings. The molecule has 0 saturated carbocycles. The highest BCUT2D eigenvalue weighted by Gasteiger charge is 2.07. The lowest BCUT2D eigenvalue weighted by atomic mass is 10.2. The van der Waals surface area contributed by atoms with Gasteiger partial charge in [-0.25, -0.2) is 0 Å². The van der Waals surface area contributed by atoms with E-state index in [1.165, 1.54) is 12.1 Å². The van der Waals surface area contributed by atoms with Crippen molar-refractivity contribution in [2.45, 2.75) is 9.79 Å². The van der Waals surface area contributed by atoms with Gasteiger partial charge >= 0.3 is 0 Å². The first-order valence-electron chi connectivity index (χ1n) is 5.55. The molecular formula is C14H8O4S2-2. The first-order valence-corrected chi connectivity index (χ1v) is 7.70. The van der Waals surface area contributed by atoms with Crippen LogP contribution < -0.4 is 10.2 Å². The normalized spacial score (nSPS) is 10.2. The van der Waals surface area contributed by atoms with Crippen LogP contribution in [0.25, 0.3) is 0 Å². The Bertz CT molecular complexity index is 598. The summed E-state index contributed by atoms with van der Waals surface area (Å²) in [5, 5.41) is 21.9. The second-order valence-electron chi connectivity index (χ2n) is 3.73. The van der Waals surface area contributed by atoms with E-state index in [2.05, 4.69) is 0 Å². The van der Waals surface area contributed by atoms with Crippen molar-refractivity contribution >= 4 is 33.5 Å². The zero-order valence-electron chi connectivity index (χ0n) is 10.1. The summed E-state index contributed by atoms with van der Waals surface area (Å²) in [7, 11) is 2.33. The number of hydrogen-bond donors (Lipinski definition) is 0. The third-order valence-corrected chi connectivity index (χ3v) is 4.92. The van der Waals surface area contributed by atoms with Gasteiger partial charge < -0.3 is 19.8 Å². The third kappa shape index (κ3) is 3.34. The summed E-state index contributed by atoms with van der Waals surface area (Å²) >= 11 is 0. The molecule has 102 valence electrons. The highest BCUT2D eigenvalue weighted by Crippen LogP contribution is 2.40. The largest absolute Gasteiger partial charge is 0.545 e. The second kappa shape index (κ2) is 6.49. The summed E-state index contributed by atoms with van der Waals surface area (Å²) in [6, 6.07) is 12.8. The summed E-state index contributed by atoms with van der Waals surface area (Å²) < 4.78 is 0. The SMILES string of the molecule is O=C([O-])c1ccccc1SSc1ccccc1C(=O)[O-]. The Morgan fingerprint density at radius 3 is 1.40 bits per heavy atom. The van der Waals surface area contributed by atoms with E-state index in [4.69, 9.17) is 0 Å². The minimum atomic E-state index is -1.26. The molecule has 0 N–H and O–H groups in total. The van der Waals surface area contributed by atoms with Crippen molar-refractivity contribution < 1.29 is 19.8 Å². The lowest BCUT2D eigenvalue weighted by Crippen LogP contribution is -2.23. The Hall–Kier alpha value is -1.92. The summed E-state index contributed by atoms with van der Waals surface area (Å²) in [4.78, 5) is 23.0. The van der Waals surface area contributed by atoms with Crippen LogP contribution in [0.1, 0.15) is 20.7 Å². The number of aromatic carboxylic acids is 2. The van der Waals surface area contributed by atoms with Gasteiger partial charge in [0.05, 0.1) is 11.9 Å². The van der Waals surface area contributed by atoms with Crippen molar-refractivity contribution in [3.63, 3.8) is 0 Å². The van der Waals surface area contributed by atoms with Crippen molar-refractivity contribution in [2.75, 3.05) is 0 Å². The van der Waals surface area contributed by atoms with Crippen molar-refractivity contribution in [3.05, 3.63) is 59.7 Å². The molecule has 0 aromatic heterocycles. The van der Waals surface area contributed by atoms with E-state index in [9.17, 15) is 19.8 Å². The molecule has 0 amide bonds. The van der Waals surface area contributed by atoms with E-state index < -0.39 is 11.9 Å². The number of carboxylic acid groups (broad SMARTS) is 2. The molecule has 6 heteroatoms. The number of hydrogen-bond acceptors (Lipinski definition) is 6. The van der Waals surface area contributed by atoms with Gasteiger partial charge in [0.2, 0.25) is 0 Å².